The number of aryl methyl sites for hydroxylation is 1. The molecule has 1 saturated carbocycles. The summed E-state index contributed by atoms with van der Waals surface area (Å²) in [5.74, 6) is -1.49. The van der Waals surface area contributed by atoms with E-state index in [4.69, 9.17) is 5.73 Å². The van der Waals surface area contributed by atoms with E-state index in [2.05, 4.69) is 20.5 Å². The van der Waals surface area contributed by atoms with Crippen molar-refractivity contribution in [3.63, 3.8) is 0 Å². The van der Waals surface area contributed by atoms with Crippen molar-refractivity contribution in [3.8, 4) is 11.1 Å². The van der Waals surface area contributed by atoms with Gasteiger partial charge in [0.05, 0.1) is 11.9 Å². The largest absolute Gasteiger partial charge is 0.365 e. The third-order valence-electron chi connectivity index (χ3n) is 6.26. The number of pyridine rings is 1. The van der Waals surface area contributed by atoms with Gasteiger partial charge in [0.15, 0.2) is 0 Å². The lowest BCUT2D eigenvalue weighted by molar-refractivity contribution is -0.117. The Morgan fingerprint density at radius 1 is 1.16 bits per heavy atom. The van der Waals surface area contributed by atoms with E-state index in [-0.39, 0.29) is 26.7 Å². The lowest BCUT2D eigenvalue weighted by Gasteiger charge is -2.12. The average molecular weight is 536 g/mol. The van der Waals surface area contributed by atoms with Gasteiger partial charge in [-0.2, -0.15) is 10.2 Å². The highest BCUT2D eigenvalue weighted by Gasteiger charge is 2.31. The summed E-state index contributed by atoms with van der Waals surface area (Å²) in [6.07, 6.45) is -2.57. The topological polar surface area (TPSA) is 121 Å². The first-order valence-corrected chi connectivity index (χ1v) is 12.1. The van der Waals surface area contributed by atoms with Crippen molar-refractivity contribution in [2.24, 2.45) is 12.8 Å². The summed E-state index contributed by atoms with van der Waals surface area (Å²) in [4.78, 5) is 29.4. The number of aromatic nitrogens is 5. The summed E-state index contributed by atoms with van der Waals surface area (Å²) in [6, 6.07) is 2.49. The Labute approximate surface area is 211 Å². The minimum Gasteiger partial charge on any atom is -0.365 e. The van der Waals surface area contributed by atoms with Crippen LogP contribution < -0.4 is 11.1 Å². The summed E-state index contributed by atoms with van der Waals surface area (Å²) >= 11 is 0.777. The summed E-state index contributed by atoms with van der Waals surface area (Å²) in [7, 11) is 1.69. The number of halogens is 4. The van der Waals surface area contributed by atoms with Gasteiger partial charge in [-0.25, -0.2) is 22.5 Å². The molecule has 0 radical (unpaired) electrons. The fourth-order valence-electron chi connectivity index (χ4n) is 4.21. The lowest BCUT2D eigenvalue weighted by atomic mass is 10.0. The van der Waals surface area contributed by atoms with Crippen molar-refractivity contribution in [2.45, 2.75) is 45.1 Å². The number of fused-ring (bicyclic) bond motifs is 1. The fraction of sp³-hybridized carbons (Fsp3) is 0.348. The number of amides is 2. The number of carbonyl (C=O) groups is 2. The second-order valence-corrected chi connectivity index (χ2v) is 9.79. The molecule has 4 aromatic heterocycles. The number of nitrogens with one attached hydrogen (secondary N) is 1. The Hall–Kier alpha value is -3.81. The van der Waals surface area contributed by atoms with Gasteiger partial charge in [0, 0.05) is 35.3 Å². The fourth-order valence-corrected chi connectivity index (χ4v) is 5.22. The number of hydrogen-bond acceptors (Lipinski definition) is 6. The van der Waals surface area contributed by atoms with Gasteiger partial charge in [-0.1, -0.05) is 0 Å². The van der Waals surface area contributed by atoms with Crippen LogP contribution in [0.25, 0.3) is 21.3 Å². The molecule has 0 saturated heterocycles. The van der Waals surface area contributed by atoms with Gasteiger partial charge in [-0.05, 0) is 37.5 Å². The molecule has 4 aromatic rings. The van der Waals surface area contributed by atoms with E-state index >= 15 is 0 Å². The minimum atomic E-state index is -2.89. The van der Waals surface area contributed by atoms with Crippen molar-refractivity contribution in [1.29, 1.82) is 0 Å². The predicted molar refractivity (Wildman–Crippen MR) is 128 cm³/mol. The molecule has 0 aromatic carbocycles. The molecular formula is C23H21F4N7O2S. The van der Waals surface area contributed by atoms with Crippen molar-refractivity contribution in [3.05, 3.63) is 46.0 Å². The Morgan fingerprint density at radius 2 is 1.86 bits per heavy atom. The zero-order valence-corrected chi connectivity index (χ0v) is 20.5. The number of alkyl halides is 4. The van der Waals surface area contributed by atoms with E-state index in [9.17, 15) is 27.2 Å². The molecule has 0 spiro atoms. The Kier molecular flexibility index (Phi) is 6.22. The third kappa shape index (κ3) is 4.56. The number of nitrogens with two attached hydrogens (primary N) is 1. The van der Waals surface area contributed by atoms with Gasteiger partial charge >= 0.3 is 0 Å². The first-order chi connectivity index (χ1) is 17.5. The second-order valence-electron chi connectivity index (χ2n) is 8.79. The number of carbonyl (C=O) groups excluding carboxylic acids is 2. The van der Waals surface area contributed by atoms with Crippen LogP contribution in [0.15, 0.2) is 18.3 Å². The summed E-state index contributed by atoms with van der Waals surface area (Å²) in [5.41, 5.74) is 6.63. The lowest BCUT2D eigenvalue weighted by Crippen LogP contribution is -2.22. The molecule has 9 nitrogen and oxygen atoms in total. The summed E-state index contributed by atoms with van der Waals surface area (Å²) in [6.45, 7) is 1.35. The molecule has 1 aliphatic carbocycles. The van der Waals surface area contributed by atoms with Gasteiger partial charge in [-0.3, -0.25) is 19.0 Å². The van der Waals surface area contributed by atoms with Crippen molar-refractivity contribution < 1.29 is 27.2 Å². The number of primary amides is 1. The van der Waals surface area contributed by atoms with Gasteiger partial charge in [-0.15, -0.1) is 11.3 Å². The third-order valence-corrected chi connectivity index (χ3v) is 7.36. The molecule has 4 heterocycles. The minimum absolute atomic E-state index is 0.0123. The first-order valence-electron chi connectivity index (χ1n) is 11.2. The zero-order valence-electron chi connectivity index (χ0n) is 19.6. The molecule has 37 heavy (non-hydrogen) atoms. The highest BCUT2D eigenvalue weighted by atomic mass is 32.1. The van der Waals surface area contributed by atoms with E-state index in [1.165, 1.54) is 23.0 Å². The van der Waals surface area contributed by atoms with Crippen LogP contribution in [0.4, 0.5) is 23.2 Å². The SMILES string of the molecule is Cc1c(-c2cc(C(F)F)nc3sc(C(N)=O)c(NC(=O)Cn4nc(C(F)F)cc4C4CC4)c23)cnn1C. The molecule has 3 N–H and O–H groups in total. The highest BCUT2D eigenvalue weighted by Crippen LogP contribution is 2.44. The Balaban J connectivity index is 1.60. The van der Waals surface area contributed by atoms with Gasteiger partial charge in [0.1, 0.15) is 27.6 Å². The zero-order chi connectivity index (χ0) is 26.6. The molecule has 14 heteroatoms. The van der Waals surface area contributed by atoms with Crippen LogP contribution in [0.2, 0.25) is 0 Å². The van der Waals surface area contributed by atoms with E-state index in [0.29, 0.717) is 22.5 Å². The van der Waals surface area contributed by atoms with E-state index in [1.807, 2.05) is 0 Å². The van der Waals surface area contributed by atoms with Gasteiger partial charge < -0.3 is 11.1 Å². The predicted octanol–water partition coefficient (Wildman–Crippen LogP) is 4.69. The average Bonchev–Trinajstić information content (AvgIpc) is 3.36. The molecule has 5 rings (SSSR count). The van der Waals surface area contributed by atoms with Crippen LogP contribution in [0.5, 0.6) is 0 Å². The number of anilines is 1. The molecule has 1 aliphatic rings. The second kappa shape index (κ2) is 9.25. The molecule has 194 valence electrons. The smallest absolute Gasteiger partial charge is 0.282 e. The van der Waals surface area contributed by atoms with Crippen molar-refractivity contribution in [1.82, 2.24) is 24.5 Å². The summed E-state index contributed by atoms with van der Waals surface area (Å²) < 4.78 is 56.6. The molecule has 1 fully saturated rings. The quantitative estimate of drug-likeness (QED) is 0.317. The van der Waals surface area contributed by atoms with E-state index < -0.39 is 42.6 Å². The number of thiophene rings is 1. The molecule has 2 amide bonds. The van der Waals surface area contributed by atoms with Crippen LogP contribution in [-0.4, -0.2) is 36.4 Å². The van der Waals surface area contributed by atoms with Crippen LogP contribution in [0.3, 0.4) is 0 Å². The molecule has 0 aliphatic heterocycles. The normalized spacial score (nSPS) is 13.7. The molecule has 0 atom stereocenters. The van der Waals surface area contributed by atoms with Gasteiger partial charge in [0.25, 0.3) is 18.8 Å². The monoisotopic (exact) mass is 535 g/mol. The van der Waals surface area contributed by atoms with Crippen LogP contribution in [-0.2, 0) is 18.4 Å². The maximum Gasteiger partial charge on any atom is 0.282 e. The van der Waals surface area contributed by atoms with Crippen LogP contribution in [0.1, 0.15) is 64.1 Å². The maximum atomic E-state index is 13.7. The maximum absolute atomic E-state index is 13.7. The Morgan fingerprint density at radius 3 is 2.43 bits per heavy atom. The Bertz CT molecular complexity index is 1540. The molecular weight excluding hydrogens is 514 g/mol. The first kappa shape index (κ1) is 24.9. The highest BCUT2D eigenvalue weighted by molar-refractivity contribution is 7.21. The number of rotatable bonds is 8. The number of hydrogen-bond donors (Lipinski definition) is 2. The standard InChI is InChI=1S/C23H21F4N7O2S/c1-9-12(7-29-33(9)2)11-5-13(20(24)25)30-23-17(11)18(19(37-23)22(28)36)31-16(35)8-34-15(10-3-4-10)6-14(32-34)21(26)27/h5-7,10,20-21H,3-4,8H2,1-2H3,(H2,28,36)(H,31,35). The van der Waals surface area contributed by atoms with Gasteiger partial charge in [0.2, 0.25) is 5.91 Å². The summed E-state index contributed by atoms with van der Waals surface area (Å²) in [5, 5.41) is 10.9. The van der Waals surface area contributed by atoms with E-state index in [0.717, 1.165) is 24.2 Å². The molecule has 0 unspecified atom stereocenters. The van der Waals surface area contributed by atoms with E-state index in [1.54, 1.807) is 18.7 Å². The number of nitrogens with zero attached hydrogens (tertiary/aromatic N) is 5. The van der Waals surface area contributed by atoms with Crippen molar-refractivity contribution >= 4 is 39.1 Å². The molecule has 0 bridgehead atoms. The van der Waals surface area contributed by atoms with Crippen molar-refractivity contribution in [2.75, 3.05) is 5.32 Å². The van der Waals surface area contributed by atoms with Crippen LogP contribution >= 0.6 is 11.3 Å². The van der Waals surface area contributed by atoms with Crippen LogP contribution in [0, 0.1) is 6.92 Å².